The summed E-state index contributed by atoms with van der Waals surface area (Å²) in [7, 11) is 0. The lowest BCUT2D eigenvalue weighted by Crippen LogP contribution is -2.55. The van der Waals surface area contributed by atoms with Crippen molar-refractivity contribution in [1.82, 2.24) is 10.2 Å². The summed E-state index contributed by atoms with van der Waals surface area (Å²) >= 11 is 0. The molecule has 1 saturated heterocycles. The maximum Gasteiger partial charge on any atom is 0.270 e. The van der Waals surface area contributed by atoms with E-state index >= 15 is 0 Å². The second-order valence-corrected chi connectivity index (χ2v) is 5.44. The van der Waals surface area contributed by atoms with Crippen LogP contribution in [0, 0.1) is 17.0 Å². The molecule has 0 saturated carbocycles. The Morgan fingerprint density at radius 1 is 1.35 bits per heavy atom. The summed E-state index contributed by atoms with van der Waals surface area (Å²) in [6.45, 7) is 7.08. The first-order valence-corrected chi connectivity index (χ1v) is 6.69. The van der Waals surface area contributed by atoms with Crippen LogP contribution in [0.15, 0.2) is 18.2 Å². The van der Waals surface area contributed by atoms with Gasteiger partial charge >= 0.3 is 0 Å². The van der Waals surface area contributed by atoms with Crippen LogP contribution in [-0.2, 0) is 0 Å². The number of carbonyl (C=O) groups excluding carboxylic acids is 1. The van der Waals surface area contributed by atoms with Gasteiger partial charge in [-0.15, -0.1) is 0 Å². The van der Waals surface area contributed by atoms with Gasteiger partial charge in [0.15, 0.2) is 0 Å². The fraction of sp³-hybridized carbons (Fsp3) is 0.500. The van der Waals surface area contributed by atoms with Crippen molar-refractivity contribution in [2.45, 2.75) is 32.9 Å². The van der Waals surface area contributed by atoms with Gasteiger partial charge in [-0.05, 0) is 26.3 Å². The van der Waals surface area contributed by atoms with E-state index < -0.39 is 4.92 Å². The van der Waals surface area contributed by atoms with Crippen LogP contribution in [0.3, 0.4) is 0 Å². The predicted octanol–water partition coefficient (Wildman–Crippen LogP) is 1.73. The number of aryl methyl sites for hydroxylation is 1. The molecule has 1 fully saturated rings. The number of hydrogen-bond donors (Lipinski definition) is 1. The molecule has 1 aliphatic heterocycles. The fourth-order valence-electron chi connectivity index (χ4n) is 2.62. The number of nitrogens with zero attached hydrogens (tertiary/aromatic N) is 2. The van der Waals surface area contributed by atoms with Gasteiger partial charge in [-0.25, -0.2) is 0 Å². The monoisotopic (exact) mass is 277 g/mol. The zero-order valence-corrected chi connectivity index (χ0v) is 11.9. The standard InChI is InChI=1S/C14H19N3O3/c1-9-4-5-12(17(19)20)6-13(9)14(18)16-7-10(2)15-11(3)8-16/h4-6,10-11,15H,7-8H2,1-3H3. The first-order chi connectivity index (χ1) is 9.38. The highest BCUT2D eigenvalue weighted by atomic mass is 16.6. The number of benzene rings is 1. The van der Waals surface area contributed by atoms with Crippen LogP contribution in [0.2, 0.25) is 0 Å². The van der Waals surface area contributed by atoms with E-state index in [1.807, 2.05) is 13.8 Å². The van der Waals surface area contributed by atoms with Gasteiger partial charge in [-0.1, -0.05) is 6.07 Å². The van der Waals surface area contributed by atoms with Gasteiger partial charge in [-0.3, -0.25) is 14.9 Å². The number of amides is 1. The molecule has 1 aromatic carbocycles. The molecule has 1 aliphatic rings. The molecule has 1 amide bonds. The molecule has 2 unspecified atom stereocenters. The Bertz CT molecular complexity index is 534. The molecule has 0 spiro atoms. The number of rotatable bonds is 2. The lowest BCUT2D eigenvalue weighted by molar-refractivity contribution is -0.384. The normalized spacial score (nSPS) is 22.6. The lowest BCUT2D eigenvalue weighted by Gasteiger charge is -2.36. The van der Waals surface area contributed by atoms with E-state index in [9.17, 15) is 14.9 Å². The van der Waals surface area contributed by atoms with Crippen molar-refractivity contribution in [1.29, 1.82) is 0 Å². The maximum atomic E-state index is 12.6. The maximum absolute atomic E-state index is 12.6. The minimum absolute atomic E-state index is 0.0461. The highest BCUT2D eigenvalue weighted by molar-refractivity contribution is 5.96. The van der Waals surface area contributed by atoms with Crippen molar-refractivity contribution in [3.63, 3.8) is 0 Å². The second kappa shape index (κ2) is 5.58. The first-order valence-electron chi connectivity index (χ1n) is 6.69. The molecule has 108 valence electrons. The molecule has 0 aromatic heterocycles. The van der Waals surface area contributed by atoms with E-state index in [-0.39, 0.29) is 23.7 Å². The van der Waals surface area contributed by atoms with Crippen molar-refractivity contribution in [3.8, 4) is 0 Å². The summed E-state index contributed by atoms with van der Waals surface area (Å²) in [6.07, 6.45) is 0. The molecule has 0 aliphatic carbocycles. The van der Waals surface area contributed by atoms with Gasteiger partial charge in [-0.2, -0.15) is 0 Å². The van der Waals surface area contributed by atoms with E-state index in [1.165, 1.54) is 12.1 Å². The third-order valence-corrected chi connectivity index (χ3v) is 3.51. The zero-order valence-electron chi connectivity index (χ0n) is 11.9. The Kier molecular flexibility index (Phi) is 4.04. The Hall–Kier alpha value is -1.95. The average Bonchev–Trinajstić information content (AvgIpc) is 2.37. The number of hydrogen-bond acceptors (Lipinski definition) is 4. The van der Waals surface area contributed by atoms with Crippen LogP contribution < -0.4 is 5.32 Å². The van der Waals surface area contributed by atoms with E-state index in [1.54, 1.807) is 17.9 Å². The molecule has 1 aromatic rings. The Labute approximate surface area is 117 Å². The van der Waals surface area contributed by atoms with E-state index in [2.05, 4.69) is 5.32 Å². The van der Waals surface area contributed by atoms with E-state index in [0.29, 0.717) is 18.7 Å². The summed E-state index contributed by atoms with van der Waals surface area (Å²) in [5, 5.41) is 14.2. The third kappa shape index (κ3) is 2.96. The molecule has 20 heavy (non-hydrogen) atoms. The SMILES string of the molecule is Cc1ccc([N+](=O)[O-])cc1C(=O)N1CC(C)NC(C)C1. The largest absolute Gasteiger partial charge is 0.336 e. The third-order valence-electron chi connectivity index (χ3n) is 3.51. The van der Waals surface area contributed by atoms with Crippen LogP contribution in [0.4, 0.5) is 5.69 Å². The number of piperazine rings is 1. The van der Waals surface area contributed by atoms with Crippen LogP contribution in [0.1, 0.15) is 29.8 Å². The number of non-ortho nitro benzene ring substituents is 1. The van der Waals surface area contributed by atoms with Crippen LogP contribution in [-0.4, -0.2) is 40.9 Å². The minimum atomic E-state index is -0.473. The Balaban J connectivity index is 2.28. The second-order valence-electron chi connectivity index (χ2n) is 5.44. The number of nitro benzene ring substituents is 1. The van der Waals surface area contributed by atoms with Crippen molar-refractivity contribution >= 4 is 11.6 Å². The summed E-state index contributed by atoms with van der Waals surface area (Å²) in [4.78, 5) is 24.7. The van der Waals surface area contributed by atoms with Gasteiger partial charge in [0, 0.05) is 42.9 Å². The first kappa shape index (κ1) is 14.5. The number of nitrogens with one attached hydrogen (secondary N) is 1. The van der Waals surface area contributed by atoms with Gasteiger partial charge < -0.3 is 10.2 Å². The minimum Gasteiger partial charge on any atom is -0.336 e. The van der Waals surface area contributed by atoms with Crippen molar-refractivity contribution in [2.75, 3.05) is 13.1 Å². The molecule has 2 rings (SSSR count). The molecule has 0 radical (unpaired) electrons. The van der Waals surface area contributed by atoms with E-state index in [0.717, 1.165) is 5.56 Å². The molecule has 0 bridgehead atoms. The molecule has 6 heteroatoms. The topological polar surface area (TPSA) is 75.5 Å². The molecule has 1 heterocycles. The number of carbonyl (C=O) groups is 1. The van der Waals surface area contributed by atoms with Gasteiger partial charge in [0.05, 0.1) is 4.92 Å². The fourth-order valence-corrected chi connectivity index (χ4v) is 2.62. The molecule has 6 nitrogen and oxygen atoms in total. The van der Waals surface area contributed by atoms with Crippen molar-refractivity contribution in [3.05, 3.63) is 39.4 Å². The molecule has 1 N–H and O–H groups in total. The lowest BCUT2D eigenvalue weighted by atomic mass is 10.0. The smallest absolute Gasteiger partial charge is 0.270 e. The predicted molar refractivity (Wildman–Crippen MR) is 75.8 cm³/mol. The van der Waals surface area contributed by atoms with E-state index in [4.69, 9.17) is 0 Å². The molecule has 2 atom stereocenters. The molecular formula is C14H19N3O3. The molecular weight excluding hydrogens is 258 g/mol. The van der Waals surface area contributed by atoms with Crippen LogP contribution in [0.5, 0.6) is 0 Å². The quantitative estimate of drug-likeness (QED) is 0.659. The van der Waals surface area contributed by atoms with Gasteiger partial charge in [0.1, 0.15) is 0 Å². The number of nitro groups is 1. The van der Waals surface area contributed by atoms with Crippen molar-refractivity contribution < 1.29 is 9.72 Å². The summed E-state index contributed by atoms with van der Waals surface area (Å²) in [5.41, 5.74) is 1.13. The zero-order chi connectivity index (χ0) is 14.9. The Morgan fingerprint density at radius 3 is 2.50 bits per heavy atom. The average molecular weight is 277 g/mol. The Morgan fingerprint density at radius 2 is 1.95 bits per heavy atom. The van der Waals surface area contributed by atoms with Gasteiger partial charge in [0.2, 0.25) is 0 Å². The highest BCUT2D eigenvalue weighted by Gasteiger charge is 2.27. The van der Waals surface area contributed by atoms with Crippen LogP contribution in [0.25, 0.3) is 0 Å². The van der Waals surface area contributed by atoms with Gasteiger partial charge in [0.25, 0.3) is 11.6 Å². The summed E-state index contributed by atoms with van der Waals surface area (Å²) < 4.78 is 0. The van der Waals surface area contributed by atoms with Crippen LogP contribution >= 0.6 is 0 Å². The summed E-state index contributed by atoms with van der Waals surface area (Å²) in [5.74, 6) is -0.133. The summed E-state index contributed by atoms with van der Waals surface area (Å²) in [6, 6.07) is 4.87. The highest BCUT2D eigenvalue weighted by Crippen LogP contribution is 2.20. The van der Waals surface area contributed by atoms with Crippen molar-refractivity contribution in [2.24, 2.45) is 0 Å².